The van der Waals surface area contributed by atoms with E-state index in [1.165, 1.54) is 25.3 Å². The minimum absolute atomic E-state index is 0.193. The van der Waals surface area contributed by atoms with Gasteiger partial charge in [-0.15, -0.1) is 0 Å². The number of rotatable bonds is 2. The number of hydrogen-bond donors (Lipinski definition) is 1. The molecule has 4 nitrogen and oxygen atoms in total. The first-order chi connectivity index (χ1) is 6.69. The molecule has 0 fully saturated rings. The van der Waals surface area contributed by atoms with Crippen molar-refractivity contribution in [1.82, 2.24) is 5.32 Å². The fourth-order valence-electron chi connectivity index (χ4n) is 0.933. The number of hydrogen-bond acceptors (Lipinski definition) is 3. The molecule has 0 aliphatic heterocycles. The average Bonchev–Trinajstić information content (AvgIpc) is 2.20. The van der Waals surface area contributed by atoms with Gasteiger partial charge < -0.3 is 5.32 Å². The molecule has 1 rings (SSSR count). The summed E-state index contributed by atoms with van der Waals surface area (Å²) >= 11 is 0. The van der Waals surface area contributed by atoms with Crippen molar-refractivity contribution in [2.45, 2.75) is 0 Å². The van der Waals surface area contributed by atoms with Gasteiger partial charge in [-0.3, -0.25) is 4.79 Å². The number of carbonyl (C=O) groups is 1. The third kappa shape index (κ3) is 2.02. The Morgan fingerprint density at radius 1 is 1.57 bits per heavy atom. The van der Waals surface area contributed by atoms with Gasteiger partial charge in [-0.25, -0.2) is 9.18 Å². The summed E-state index contributed by atoms with van der Waals surface area (Å²) in [4.78, 5) is 24.1. The van der Waals surface area contributed by atoms with Crippen LogP contribution in [-0.4, -0.2) is 19.0 Å². The van der Waals surface area contributed by atoms with E-state index >= 15 is 0 Å². The molecular weight excluding hydrogens is 187 g/mol. The van der Waals surface area contributed by atoms with E-state index in [4.69, 9.17) is 0 Å². The van der Waals surface area contributed by atoms with Gasteiger partial charge in [-0.05, 0) is 18.2 Å². The zero-order valence-corrected chi connectivity index (χ0v) is 7.37. The molecule has 14 heavy (non-hydrogen) atoms. The minimum Gasteiger partial charge on any atom is -0.355 e. The number of halogens is 1. The van der Waals surface area contributed by atoms with Crippen molar-refractivity contribution in [1.29, 1.82) is 0 Å². The molecular formula is C9H7FN2O2. The van der Waals surface area contributed by atoms with E-state index in [2.05, 4.69) is 10.3 Å². The molecule has 0 radical (unpaired) electrons. The van der Waals surface area contributed by atoms with Gasteiger partial charge in [-0.1, -0.05) is 0 Å². The van der Waals surface area contributed by atoms with Gasteiger partial charge in [0.25, 0.3) is 5.91 Å². The fraction of sp³-hybridized carbons (Fsp3) is 0.111. The highest BCUT2D eigenvalue weighted by atomic mass is 19.1. The standard InChI is InChI=1S/C9H7FN2O2/c1-11-9(14)6-2-3-7(10)8(4-6)12-5-13/h2-4H,1H3,(H,11,14). The van der Waals surface area contributed by atoms with Crippen LogP contribution < -0.4 is 5.32 Å². The van der Waals surface area contributed by atoms with Crippen LogP contribution in [0, 0.1) is 5.82 Å². The predicted octanol–water partition coefficient (Wildman–Crippen LogP) is 1.15. The van der Waals surface area contributed by atoms with Gasteiger partial charge in [0.1, 0.15) is 11.5 Å². The lowest BCUT2D eigenvalue weighted by Gasteiger charge is -2.00. The van der Waals surface area contributed by atoms with Crippen LogP contribution in [0.1, 0.15) is 10.4 Å². The summed E-state index contributed by atoms with van der Waals surface area (Å²) in [6.45, 7) is 0. The molecule has 1 aromatic carbocycles. The zero-order valence-electron chi connectivity index (χ0n) is 7.37. The molecule has 0 spiro atoms. The molecule has 0 saturated carbocycles. The number of benzene rings is 1. The molecule has 0 aromatic heterocycles. The average molecular weight is 194 g/mol. The summed E-state index contributed by atoms with van der Waals surface area (Å²) in [5.41, 5.74) is 0.0454. The number of isocyanates is 1. The third-order valence-electron chi connectivity index (χ3n) is 1.60. The Kier molecular flexibility index (Phi) is 3.09. The highest BCUT2D eigenvalue weighted by Crippen LogP contribution is 2.18. The fourth-order valence-corrected chi connectivity index (χ4v) is 0.933. The molecule has 0 bridgehead atoms. The van der Waals surface area contributed by atoms with Gasteiger partial charge in [0, 0.05) is 12.6 Å². The van der Waals surface area contributed by atoms with E-state index in [-0.39, 0.29) is 17.2 Å². The molecule has 1 amide bonds. The smallest absolute Gasteiger partial charge is 0.251 e. The highest BCUT2D eigenvalue weighted by Gasteiger charge is 2.07. The summed E-state index contributed by atoms with van der Waals surface area (Å²) in [6.07, 6.45) is 1.21. The third-order valence-corrected chi connectivity index (χ3v) is 1.60. The summed E-state index contributed by atoms with van der Waals surface area (Å²) in [5.74, 6) is -1.03. The van der Waals surface area contributed by atoms with Crippen LogP contribution in [0.25, 0.3) is 0 Å². The number of nitrogens with zero attached hydrogens (tertiary/aromatic N) is 1. The van der Waals surface area contributed by atoms with Crippen molar-refractivity contribution in [2.24, 2.45) is 4.99 Å². The Bertz CT molecular complexity index is 411. The first-order valence-corrected chi connectivity index (χ1v) is 3.78. The number of aliphatic imine (C=N–C) groups is 1. The van der Waals surface area contributed by atoms with Crippen molar-refractivity contribution in [3.63, 3.8) is 0 Å². The number of carbonyl (C=O) groups excluding carboxylic acids is 2. The molecule has 0 aliphatic rings. The van der Waals surface area contributed by atoms with Crippen LogP contribution in [0.3, 0.4) is 0 Å². The Hall–Kier alpha value is -2.00. The van der Waals surface area contributed by atoms with E-state index in [9.17, 15) is 14.0 Å². The van der Waals surface area contributed by atoms with Crippen LogP contribution in [0.5, 0.6) is 0 Å². The first-order valence-electron chi connectivity index (χ1n) is 3.78. The highest BCUT2D eigenvalue weighted by molar-refractivity contribution is 5.94. The topological polar surface area (TPSA) is 58.5 Å². The maximum absolute atomic E-state index is 12.9. The Morgan fingerprint density at radius 3 is 2.86 bits per heavy atom. The Labute approximate surface area is 79.5 Å². The molecule has 0 heterocycles. The van der Waals surface area contributed by atoms with Crippen LogP contribution in [0.15, 0.2) is 23.2 Å². The molecule has 0 saturated heterocycles. The Morgan fingerprint density at radius 2 is 2.29 bits per heavy atom. The van der Waals surface area contributed by atoms with Gasteiger partial charge in [0.15, 0.2) is 0 Å². The Balaban J connectivity index is 3.18. The van der Waals surface area contributed by atoms with Crippen LogP contribution >= 0.6 is 0 Å². The lowest BCUT2D eigenvalue weighted by atomic mass is 10.2. The summed E-state index contributed by atoms with van der Waals surface area (Å²) in [6, 6.07) is 3.55. The molecule has 0 unspecified atom stereocenters. The predicted molar refractivity (Wildman–Crippen MR) is 47.6 cm³/mol. The quantitative estimate of drug-likeness (QED) is 0.567. The lowest BCUT2D eigenvalue weighted by Crippen LogP contribution is -2.17. The van der Waals surface area contributed by atoms with Crippen molar-refractivity contribution in [3.05, 3.63) is 29.6 Å². The summed E-state index contributed by atoms with van der Waals surface area (Å²) < 4.78 is 12.9. The molecule has 1 N–H and O–H groups in total. The van der Waals surface area contributed by atoms with Crippen molar-refractivity contribution < 1.29 is 14.0 Å². The molecule has 1 aromatic rings. The minimum atomic E-state index is -0.666. The summed E-state index contributed by atoms with van der Waals surface area (Å²) in [5, 5.41) is 2.37. The second kappa shape index (κ2) is 4.30. The maximum Gasteiger partial charge on any atom is 0.251 e. The normalized spacial score (nSPS) is 9.00. The molecule has 0 atom stereocenters. The van der Waals surface area contributed by atoms with Gasteiger partial charge in [-0.2, -0.15) is 4.99 Å². The second-order valence-corrected chi connectivity index (χ2v) is 2.45. The SMILES string of the molecule is CNC(=O)c1ccc(F)c(N=C=O)c1. The van der Waals surface area contributed by atoms with Crippen molar-refractivity contribution in [2.75, 3.05) is 7.05 Å². The zero-order chi connectivity index (χ0) is 10.6. The van der Waals surface area contributed by atoms with Gasteiger partial charge in [0.05, 0.1) is 0 Å². The van der Waals surface area contributed by atoms with Crippen molar-refractivity contribution >= 4 is 17.7 Å². The first kappa shape index (κ1) is 10.1. The van der Waals surface area contributed by atoms with Gasteiger partial charge in [0.2, 0.25) is 6.08 Å². The van der Waals surface area contributed by atoms with Crippen LogP contribution in [0.2, 0.25) is 0 Å². The van der Waals surface area contributed by atoms with E-state index in [1.807, 2.05) is 0 Å². The molecule has 0 aliphatic carbocycles. The van der Waals surface area contributed by atoms with E-state index in [1.54, 1.807) is 0 Å². The number of nitrogens with one attached hydrogen (secondary N) is 1. The van der Waals surface area contributed by atoms with E-state index in [0.29, 0.717) is 0 Å². The van der Waals surface area contributed by atoms with E-state index < -0.39 is 5.82 Å². The van der Waals surface area contributed by atoms with Gasteiger partial charge >= 0.3 is 0 Å². The van der Waals surface area contributed by atoms with Crippen LogP contribution in [-0.2, 0) is 4.79 Å². The second-order valence-electron chi connectivity index (χ2n) is 2.45. The lowest BCUT2D eigenvalue weighted by molar-refractivity contribution is 0.0963. The van der Waals surface area contributed by atoms with E-state index in [0.717, 1.165) is 6.07 Å². The summed E-state index contributed by atoms with van der Waals surface area (Å²) in [7, 11) is 1.45. The monoisotopic (exact) mass is 194 g/mol. The number of amides is 1. The largest absolute Gasteiger partial charge is 0.355 e. The van der Waals surface area contributed by atoms with Crippen LogP contribution in [0.4, 0.5) is 10.1 Å². The maximum atomic E-state index is 12.9. The molecule has 5 heteroatoms. The van der Waals surface area contributed by atoms with Crippen molar-refractivity contribution in [3.8, 4) is 0 Å². The molecule has 72 valence electrons.